The number of anilines is 1. The summed E-state index contributed by atoms with van der Waals surface area (Å²) in [4.78, 5) is 4.93. The number of piperazine rings is 1. The van der Waals surface area contributed by atoms with Gasteiger partial charge < -0.3 is 9.32 Å². The molecule has 0 aromatic carbocycles. The van der Waals surface area contributed by atoms with Gasteiger partial charge in [-0.05, 0) is 44.2 Å². The van der Waals surface area contributed by atoms with Crippen LogP contribution in [0.4, 0.5) is 5.82 Å². The highest BCUT2D eigenvalue weighted by atomic mass is 16.3. The minimum Gasteiger partial charge on any atom is -0.463 e. The zero-order chi connectivity index (χ0) is 14.2. The predicted molar refractivity (Wildman–Crippen MR) is 81.1 cm³/mol. The summed E-state index contributed by atoms with van der Waals surface area (Å²) in [7, 11) is 2.26. The number of hydrogen-bond donors (Lipinski definition) is 0. The van der Waals surface area contributed by atoms with Gasteiger partial charge in [0.15, 0.2) is 11.6 Å². The summed E-state index contributed by atoms with van der Waals surface area (Å²) in [5.74, 6) is 1.75. The fourth-order valence-electron chi connectivity index (χ4n) is 3.55. The Bertz CT molecular complexity index is 581. The molecule has 0 amide bonds. The molecule has 2 fully saturated rings. The number of likely N-dealkylation sites (N-methyl/N-ethyl adjacent to an activating group) is 1. The average Bonchev–Trinajstić information content (AvgIpc) is 3.01. The van der Waals surface area contributed by atoms with Crippen molar-refractivity contribution >= 4 is 5.82 Å². The number of hydrogen-bond acceptors (Lipinski definition) is 5. The van der Waals surface area contributed by atoms with Gasteiger partial charge in [-0.25, -0.2) is 0 Å². The van der Waals surface area contributed by atoms with Crippen LogP contribution in [0, 0.1) is 0 Å². The Morgan fingerprint density at radius 3 is 2.52 bits per heavy atom. The molecule has 2 aliphatic rings. The van der Waals surface area contributed by atoms with Gasteiger partial charge in [-0.1, -0.05) is 6.42 Å². The second-order valence-electron chi connectivity index (χ2n) is 6.06. The predicted octanol–water partition coefficient (Wildman–Crippen LogP) is 2.41. The van der Waals surface area contributed by atoms with Gasteiger partial charge in [0.1, 0.15) is 5.69 Å². The minimum atomic E-state index is 0.657. The molecule has 0 spiro atoms. The van der Waals surface area contributed by atoms with Gasteiger partial charge in [-0.15, -0.1) is 10.2 Å². The molecule has 2 saturated heterocycles. The van der Waals surface area contributed by atoms with E-state index in [1.165, 1.54) is 19.3 Å². The molecule has 4 heterocycles. The van der Waals surface area contributed by atoms with E-state index in [0.29, 0.717) is 12.1 Å². The molecule has 0 saturated carbocycles. The summed E-state index contributed by atoms with van der Waals surface area (Å²) >= 11 is 0. The molecule has 2 atom stereocenters. The fourth-order valence-corrected chi connectivity index (χ4v) is 3.55. The van der Waals surface area contributed by atoms with Gasteiger partial charge >= 0.3 is 0 Å². The average molecular weight is 284 g/mol. The molecular weight excluding hydrogens is 264 g/mol. The molecule has 5 heteroatoms. The highest BCUT2D eigenvalue weighted by Crippen LogP contribution is 2.29. The minimum absolute atomic E-state index is 0.657. The summed E-state index contributed by atoms with van der Waals surface area (Å²) in [6, 6.07) is 9.14. The maximum absolute atomic E-state index is 5.36. The lowest BCUT2D eigenvalue weighted by molar-refractivity contribution is 0.0946. The molecule has 0 N–H and O–H groups in total. The fraction of sp³-hybridized carbons (Fsp3) is 0.500. The van der Waals surface area contributed by atoms with Crippen LogP contribution in [0.5, 0.6) is 0 Å². The van der Waals surface area contributed by atoms with Crippen LogP contribution in [0.15, 0.2) is 34.9 Å². The second-order valence-corrected chi connectivity index (χ2v) is 6.06. The second kappa shape index (κ2) is 5.15. The summed E-state index contributed by atoms with van der Waals surface area (Å²) in [6.45, 7) is 2.11. The monoisotopic (exact) mass is 284 g/mol. The van der Waals surface area contributed by atoms with Gasteiger partial charge in [-0.2, -0.15) is 0 Å². The molecule has 4 rings (SSSR count). The standard InChI is InChI=1S/C16H20N4O/c1-19-12-4-2-5-13(19)11-20(10-12)16-8-7-14(17-18-16)15-6-3-9-21-15/h3,6-9,12-13H,2,4-5,10-11H2,1H3. The topological polar surface area (TPSA) is 45.4 Å². The molecular formula is C16H20N4O. The van der Waals surface area contributed by atoms with E-state index in [2.05, 4.69) is 33.1 Å². The first-order valence-corrected chi connectivity index (χ1v) is 7.66. The molecule has 2 unspecified atom stereocenters. The lowest BCUT2D eigenvalue weighted by Crippen LogP contribution is -2.59. The van der Waals surface area contributed by atoms with Crippen molar-refractivity contribution in [1.82, 2.24) is 15.1 Å². The van der Waals surface area contributed by atoms with Crippen molar-refractivity contribution in [2.75, 3.05) is 25.0 Å². The number of nitrogens with zero attached hydrogens (tertiary/aromatic N) is 4. The molecule has 2 aromatic heterocycles. The highest BCUT2D eigenvalue weighted by molar-refractivity contribution is 5.53. The van der Waals surface area contributed by atoms with Crippen molar-refractivity contribution in [3.63, 3.8) is 0 Å². The molecule has 2 aromatic rings. The first kappa shape index (κ1) is 12.8. The molecule has 0 aliphatic carbocycles. The van der Waals surface area contributed by atoms with Crippen molar-refractivity contribution in [1.29, 1.82) is 0 Å². The first-order chi connectivity index (χ1) is 10.3. The van der Waals surface area contributed by atoms with Gasteiger partial charge in [0.05, 0.1) is 6.26 Å². The van der Waals surface area contributed by atoms with Crippen LogP contribution in [-0.4, -0.2) is 47.3 Å². The Morgan fingerprint density at radius 2 is 1.90 bits per heavy atom. The van der Waals surface area contributed by atoms with Crippen LogP contribution in [0.2, 0.25) is 0 Å². The summed E-state index contributed by atoms with van der Waals surface area (Å²) in [5, 5.41) is 8.72. The highest BCUT2D eigenvalue weighted by Gasteiger charge is 2.35. The van der Waals surface area contributed by atoms with Crippen molar-refractivity contribution in [3.05, 3.63) is 30.5 Å². The molecule has 2 bridgehead atoms. The third kappa shape index (κ3) is 2.31. The molecule has 0 radical (unpaired) electrons. The lowest BCUT2D eigenvalue weighted by Gasteiger charge is -2.48. The zero-order valence-electron chi connectivity index (χ0n) is 12.3. The third-order valence-corrected chi connectivity index (χ3v) is 4.84. The summed E-state index contributed by atoms with van der Waals surface area (Å²) in [5.41, 5.74) is 0.790. The molecule has 5 nitrogen and oxygen atoms in total. The summed E-state index contributed by atoms with van der Waals surface area (Å²) < 4.78 is 5.36. The number of piperidine rings is 1. The van der Waals surface area contributed by atoms with E-state index in [1.807, 2.05) is 18.2 Å². The quantitative estimate of drug-likeness (QED) is 0.847. The van der Waals surface area contributed by atoms with Crippen LogP contribution in [0.25, 0.3) is 11.5 Å². The maximum atomic E-state index is 5.36. The maximum Gasteiger partial charge on any atom is 0.154 e. The first-order valence-electron chi connectivity index (χ1n) is 7.66. The van der Waals surface area contributed by atoms with Gasteiger partial charge in [-0.3, -0.25) is 4.90 Å². The van der Waals surface area contributed by atoms with E-state index >= 15 is 0 Å². The SMILES string of the molecule is CN1C2CCCC1CN(c1ccc(-c3ccco3)nn1)C2. The van der Waals surface area contributed by atoms with Gasteiger partial charge in [0.25, 0.3) is 0 Å². The Kier molecular flexibility index (Phi) is 3.15. The van der Waals surface area contributed by atoms with E-state index in [1.54, 1.807) is 6.26 Å². The Labute approximate surface area is 124 Å². The van der Waals surface area contributed by atoms with Crippen molar-refractivity contribution in [3.8, 4) is 11.5 Å². The van der Waals surface area contributed by atoms with Gasteiger partial charge in [0, 0.05) is 25.2 Å². The van der Waals surface area contributed by atoms with E-state index < -0.39 is 0 Å². The molecule has 21 heavy (non-hydrogen) atoms. The lowest BCUT2D eigenvalue weighted by atomic mass is 9.92. The molecule has 2 aliphatic heterocycles. The van der Waals surface area contributed by atoms with Crippen molar-refractivity contribution in [2.24, 2.45) is 0 Å². The molecule has 110 valence electrons. The van der Waals surface area contributed by atoms with Crippen LogP contribution in [-0.2, 0) is 0 Å². The van der Waals surface area contributed by atoms with E-state index in [4.69, 9.17) is 4.42 Å². The third-order valence-electron chi connectivity index (χ3n) is 4.84. The zero-order valence-corrected chi connectivity index (χ0v) is 12.3. The van der Waals surface area contributed by atoms with Crippen LogP contribution < -0.4 is 4.90 Å². The number of fused-ring (bicyclic) bond motifs is 2. The smallest absolute Gasteiger partial charge is 0.154 e. The number of rotatable bonds is 2. The number of aromatic nitrogens is 2. The van der Waals surface area contributed by atoms with Crippen molar-refractivity contribution in [2.45, 2.75) is 31.3 Å². The van der Waals surface area contributed by atoms with Crippen LogP contribution in [0.3, 0.4) is 0 Å². The van der Waals surface area contributed by atoms with Crippen LogP contribution >= 0.6 is 0 Å². The Morgan fingerprint density at radius 1 is 1.10 bits per heavy atom. The largest absolute Gasteiger partial charge is 0.463 e. The normalized spacial score (nSPS) is 26.0. The van der Waals surface area contributed by atoms with E-state index in [9.17, 15) is 0 Å². The van der Waals surface area contributed by atoms with Gasteiger partial charge in [0.2, 0.25) is 0 Å². The van der Waals surface area contributed by atoms with E-state index in [0.717, 1.165) is 30.4 Å². The van der Waals surface area contributed by atoms with Crippen LogP contribution in [0.1, 0.15) is 19.3 Å². The Hall–Kier alpha value is -1.88. The number of furan rings is 1. The van der Waals surface area contributed by atoms with Crippen molar-refractivity contribution < 1.29 is 4.42 Å². The van der Waals surface area contributed by atoms with E-state index in [-0.39, 0.29) is 0 Å². The summed E-state index contributed by atoms with van der Waals surface area (Å²) in [6.07, 6.45) is 5.60. The Balaban J connectivity index is 1.54.